The normalized spacial score (nSPS) is 15.8. The average molecular weight is 516 g/mol. The maximum absolute atomic E-state index is 13.0. The van der Waals surface area contributed by atoms with Crippen LogP contribution in [0.1, 0.15) is 12.0 Å². The molecule has 2 aromatic heterocycles. The van der Waals surface area contributed by atoms with E-state index in [-0.39, 0.29) is 17.6 Å². The third-order valence-electron chi connectivity index (χ3n) is 6.37. The highest BCUT2D eigenvalue weighted by Crippen LogP contribution is 2.24. The molecule has 0 unspecified atom stereocenters. The Morgan fingerprint density at radius 3 is 2.50 bits per heavy atom. The lowest BCUT2D eigenvalue weighted by Crippen LogP contribution is -2.40. The Morgan fingerprint density at radius 1 is 1.13 bits per heavy atom. The van der Waals surface area contributed by atoms with Crippen molar-refractivity contribution in [3.05, 3.63) is 71.8 Å². The minimum atomic E-state index is -0.355. The van der Waals surface area contributed by atoms with Crippen LogP contribution in [0.4, 0.5) is 16.3 Å². The monoisotopic (exact) mass is 515 g/mol. The van der Waals surface area contributed by atoms with Crippen LogP contribution in [-0.4, -0.2) is 71.3 Å². The molecule has 4 rings (SSSR count). The van der Waals surface area contributed by atoms with Gasteiger partial charge in [-0.15, -0.1) is 0 Å². The molecule has 198 valence electrons. The van der Waals surface area contributed by atoms with Crippen molar-refractivity contribution >= 4 is 29.2 Å². The maximum atomic E-state index is 13.0. The molecule has 0 atom stereocenters. The number of aromatic nitrogens is 3. The molecule has 11 heteroatoms. The first-order valence-corrected chi connectivity index (χ1v) is 12.3. The van der Waals surface area contributed by atoms with E-state index < -0.39 is 0 Å². The van der Waals surface area contributed by atoms with Crippen molar-refractivity contribution in [1.82, 2.24) is 24.8 Å². The van der Waals surface area contributed by atoms with Gasteiger partial charge in [-0.05, 0) is 29.8 Å². The van der Waals surface area contributed by atoms with E-state index in [4.69, 9.17) is 5.73 Å². The molecule has 3 heterocycles. The summed E-state index contributed by atoms with van der Waals surface area (Å²) in [5.41, 5.74) is 10.5. The van der Waals surface area contributed by atoms with Gasteiger partial charge in [-0.25, -0.2) is 14.8 Å². The number of nitrogens with two attached hydrogens (primary N) is 1. The summed E-state index contributed by atoms with van der Waals surface area (Å²) in [6.45, 7) is 1.45. The Labute approximate surface area is 222 Å². The van der Waals surface area contributed by atoms with Gasteiger partial charge in [0.05, 0.1) is 0 Å². The summed E-state index contributed by atoms with van der Waals surface area (Å²) in [4.78, 5) is 41.7. The second kappa shape index (κ2) is 11.6. The van der Waals surface area contributed by atoms with Crippen LogP contribution < -0.4 is 21.3 Å². The van der Waals surface area contributed by atoms with Crippen molar-refractivity contribution in [1.29, 1.82) is 0 Å². The Bertz CT molecular complexity index is 1360. The van der Waals surface area contributed by atoms with E-state index in [0.717, 1.165) is 35.0 Å². The zero-order chi connectivity index (χ0) is 27.2. The number of imidazole rings is 1. The van der Waals surface area contributed by atoms with E-state index in [2.05, 4.69) is 30.5 Å². The summed E-state index contributed by atoms with van der Waals surface area (Å²) < 4.78 is 1.94. The summed E-state index contributed by atoms with van der Waals surface area (Å²) in [6.07, 6.45) is 6.11. The SMILES string of the molecule is CN=C1CCN(c2ccc(-c3nccn3C)cn2)C/C1=C(/N)C(=O)NCc1ccc(NC(=O)N(C)C)cc1. The Kier molecular flexibility index (Phi) is 8.05. The molecule has 1 aliphatic heterocycles. The van der Waals surface area contributed by atoms with Crippen molar-refractivity contribution in [3.8, 4) is 11.4 Å². The number of amides is 3. The van der Waals surface area contributed by atoms with Crippen LogP contribution in [0.25, 0.3) is 11.4 Å². The maximum Gasteiger partial charge on any atom is 0.321 e. The minimum absolute atomic E-state index is 0.148. The number of aryl methyl sites for hydroxylation is 1. The first-order chi connectivity index (χ1) is 18.3. The Morgan fingerprint density at radius 2 is 1.89 bits per heavy atom. The van der Waals surface area contributed by atoms with Gasteiger partial charge < -0.3 is 30.7 Å². The summed E-state index contributed by atoms with van der Waals surface area (Å²) in [7, 11) is 7.01. The van der Waals surface area contributed by atoms with Crippen LogP contribution in [0.15, 0.2) is 71.3 Å². The van der Waals surface area contributed by atoms with Gasteiger partial charge in [0, 0.05) is 95.4 Å². The van der Waals surface area contributed by atoms with E-state index in [1.54, 1.807) is 45.7 Å². The number of nitrogens with zero attached hydrogens (tertiary/aromatic N) is 6. The van der Waals surface area contributed by atoms with Gasteiger partial charge in [-0.1, -0.05) is 12.1 Å². The van der Waals surface area contributed by atoms with E-state index in [1.165, 1.54) is 4.90 Å². The summed E-state index contributed by atoms with van der Waals surface area (Å²) in [5, 5.41) is 5.67. The van der Waals surface area contributed by atoms with Crippen molar-refractivity contribution in [2.24, 2.45) is 17.8 Å². The number of carbonyl (C=O) groups excluding carboxylic acids is 2. The molecule has 4 N–H and O–H groups in total. The highest BCUT2D eigenvalue weighted by atomic mass is 16.2. The summed E-state index contributed by atoms with van der Waals surface area (Å²) in [6, 6.07) is 11.0. The topological polar surface area (TPSA) is 134 Å². The number of carbonyl (C=O) groups is 2. The van der Waals surface area contributed by atoms with E-state index in [9.17, 15) is 9.59 Å². The van der Waals surface area contributed by atoms with Crippen LogP contribution in [0.3, 0.4) is 0 Å². The lowest BCUT2D eigenvalue weighted by Gasteiger charge is -2.31. The Balaban J connectivity index is 1.42. The number of rotatable bonds is 6. The molecule has 1 fully saturated rings. The van der Waals surface area contributed by atoms with Gasteiger partial charge in [0.15, 0.2) is 0 Å². The van der Waals surface area contributed by atoms with Gasteiger partial charge >= 0.3 is 6.03 Å². The summed E-state index contributed by atoms with van der Waals surface area (Å²) >= 11 is 0. The number of benzene rings is 1. The van der Waals surface area contributed by atoms with E-state index in [0.29, 0.717) is 30.8 Å². The lowest BCUT2D eigenvalue weighted by atomic mass is 9.99. The van der Waals surface area contributed by atoms with E-state index >= 15 is 0 Å². The Hall–Kier alpha value is -4.67. The second-order valence-corrected chi connectivity index (χ2v) is 9.21. The van der Waals surface area contributed by atoms with Crippen molar-refractivity contribution in [3.63, 3.8) is 0 Å². The number of nitrogens with one attached hydrogen (secondary N) is 2. The molecule has 3 amide bonds. The standard InChI is InChI=1S/C27H33N9O2/c1-29-22-11-13-36(23-10-7-19(16-31-23)25-30-12-14-35(25)4)17-21(22)24(28)26(37)32-15-18-5-8-20(9-6-18)33-27(38)34(2)3/h5-10,12,14,16H,11,13,15,17,28H2,1-4H3,(H,32,37)(H,33,38)/b24-21-,29-22?. The molecule has 1 aliphatic rings. The molecular formula is C27H33N9O2. The van der Waals surface area contributed by atoms with Gasteiger partial charge in [-0.2, -0.15) is 0 Å². The smallest absolute Gasteiger partial charge is 0.321 e. The predicted molar refractivity (Wildman–Crippen MR) is 149 cm³/mol. The third kappa shape index (κ3) is 6.00. The summed E-state index contributed by atoms with van der Waals surface area (Å²) in [5.74, 6) is 1.29. The number of piperidine rings is 1. The first-order valence-electron chi connectivity index (χ1n) is 12.3. The fraction of sp³-hybridized carbons (Fsp3) is 0.296. The van der Waals surface area contributed by atoms with Gasteiger partial charge in [0.1, 0.15) is 17.3 Å². The number of hydrogen-bond donors (Lipinski definition) is 3. The molecule has 3 aromatic rings. The molecule has 11 nitrogen and oxygen atoms in total. The molecule has 0 spiro atoms. The molecule has 0 aliphatic carbocycles. The van der Waals surface area contributed by atoms with Crippen LogP contribution in [0.2, 0.25) is 0 Å². The van der Waals surface area contributed by atoms with Crippen molar-refractivity contribution < 1.29 is 9.59 Å². The zero-order valence-electron chi connectivity index (χ0n) is 22.1. The molecule has 0 radical (unpaired) electrons. The largest absolute Gasteiger partial charge is 0.394 e. The fourth-order valence-electron chi connectivity index (χ4n) is 4.14. The molecule has 38 heavy (non-hydrogen) atoms. The lowest BCUT2D eigenvalue weighted by molar-refractivity contribution is -0.117. The molecular weight excluding hydrogens is 482 g/mol. The number of anilines is 2. The highest BCUT2D eigenvalue weighted by molar-refractivity contribution is 6.09. The fourth-order valence-corrected chi connectivity index (χ4v) is 4.14. The third-order valence-corrected chi connectivity index (χ3v) is 6.37. The van der Waals surface area contributed by atoms with Crippen LogP contribution in [0, 0.1) is 0 Å². The highest BCUT2D eigenvalue weighted by Gasteiger charge is 2.25. The van der Waals surface area contributed by atoms with Gasteiger partial charge in [-0.3, -0.25) is 9.79 Å². The predicted octanol–water partition coefficient (Wildman–Crippen LogP) is 2.39. The molecule has 0 bridgehead atoms. The van der Waals surface area contributed by atoms with Crippen molar-refractivity contribution in [2.75, 3.05) is 44.4 Å². The molecule has 1 saturated heterocycles. The number of urea groups is 1. The minimum Gasteiger partial charge on any atom is -0.394 e. The number of aliphatic imine (C=N–C) groups is 1. The van der Waals surface area contributed by atoms with Crippen LogP contribution in [-0.2, 0) is 18.4 Å². The second-order valence-electron chi connectivity index (χ2n) is 9.21. The number of hydrogen-bond acceptors (Lipinski definition) is 7. The number of pyridine rings is 1. The van der Waals surface area contributed by atoms with Gasteiger partial charge in [0.2, 0.25) is 0 Å². The van der Waals surface area contributed by atoms with Crippen molar-refractivity contribution in [2.45, 2.75) is 13.0 Å². The average Bonchev–Trinajstić information content (AvgIpc) is 3.37. The molecule has 1 aromatic carbocycles. The van der Waals surface area contributed by atoms with Crippen LogP contribution >= 0.6 is 0 Å². The molecule has 0 saturated carbocycles. The zero-order valence-corrected chi connectivity index (χ0v) is 22.1. The van der Waals surface area contributed by atoms with Crippen LogP contribution in [0.5, 0.6) is 0 Å². The van der Waals surface area contributed by atoms with E-state index in [1.807, 2.05) is 42.1 Å². The quantitative estimate of drug-likeness (QED) is 0.432. The first kappa shape index (κ1) is 26.4. The van der Waals surface area contributed by atoms with Gasteiger partial charge in [0.25, 0.3) is 5.91 Å².